The molecule has 106 valence electrons. The Morgan fingerprint density at radius 2 is 1.74 bits per heavy atom. The predicted molar refractivity (Wildman–Crippen MR) is 84.2 cm³/mol. The molecule has 0 spiro atoms. The van der Waals surface area contributed by atoms with E-state index in [0.29, 0.717) is 0 Å². The van der Waals surface area contributed by atoms with Crippen LogP contribution in [0.5, 0.6) is 0 Å². The fraction of sp³-hybridized carbons (Fsp3) is 0.625. The largest absolute Gasteiger partial charge is 0.384 e. The van der Waals surface area contributed by atoms with Crippen molar-refractivity contribution < 1.29 is 0 Å². The number of fused-ring (bicyclic) bond motifs is 1. The Labute approximate surface area is 123 Å². The molecule has 1 N–H and O–H groups in total. The molecule has 0 atom stereocenters. The van der Waals surface area contributed by atoms with E-state index in [2.05, 4.69) is 28.4 Å². The predicted octanol–water partition coefficient (Wildman–Crippen LogP) is 3.84. The van der Waals surface area contributed by atoms with Crippen LogP contribution in [0.25, 0.3) is 0 Å². The average molecular weight is 281 g/mol. The molecule has 2 aliphatic rings. The quantitative estimate of drug-likeness (QED) is 0.885. The van der Waals surface area contributed by atoms with Crippen LogP contribution in [0.2, 0.25) is 0 Å². The molecule has 0 bridgehead atoms. The van der Waals surface area contributed by atoms with Crippen LogP contribution in [0.1, 0.15) is 43.2 Å². The second-order valence-electron chi connectivity index (χ2n) is 5.67. The third kappa shape index (κ3) is 3.64. The van der Waals surface area contributed by atoms with Gasteiger partial charge in [0.05, 0.1) is 0 Å². The highest BCUT2D eigenvalue weighted by atomic mass is 35.5. The topological polar surface area (TPSA) is 15.3 Å². The second kappa shape index (κ2) is 7.16. The first-order valence-electron chi connectivity index (χ1n) is 7.50. The third-order valence-corrected chi connectivity index (χ3v) is 4.28. The Bertz CT molecular complexity index is 398. The highest BCUT2D eigenvalue weighted by Gasteiger charge is 2.16. The van der Waals surface area contributed by atoms with Crippen LogP contribution in [0.3, 0.4) is 0 Å². The summed E-state index contributed by atoms with van der Waals surface area (Å²) in [6.45, 7) is 4.82. The zero-order valence-corrected chi connectivity index (χ0v) is 12.5. The van der Waals surface area contributed by atoms with E-state index in [9.17, 15) is 0 Å². The molecule has 0 aromatic heterocycles. The number of halogens is 1. The van der Waals surface area contributed by atoms with Crippen LogP contribution in [-0.2, 0) is 13.0 Å². The van der Waals surface area contributed by atoms with Crippen molar-refractivity contribution in [2.75, 3.05) is 25.0 Å². The van der Waals surface area contributed by atoms with Gasteiger partial charge in [0.25, 0.3) is 0 Å². The van der Waals surface area contributed by atoms with Gasteiger partial charge in [-0.05, 0) is 43.5 Å². The van der Waals surface area contributed by atoms with Crippen LogP contribution in [-0.4, -0.2) is 24.5 Å². The minimum absolute atomic E-state index is 0. The molecule has 0 radical (unpaired) electrons. The first-order valence-corrected chi connectivity index (χ1v) is 7.50. The van der Waals surface area contributed by atoms with Crippen molar-refractivity contribution >= 4 is 18.1 Å². The Morgan fingerprint density at radius 1 is 1.00 bits per heavy atom. The van der Waals surface area contributed by atoms with E-state index in [1.807, 2.05) is 0 Å². The van der Waals surface area contributed by atoms with Crippen LogP contribution >= 0.6 is 12.4 Å². The standard InChI is InChI=1S/C16H24N2.ClH/c1-2-4-11-18(12-5-3-1)13-15-8-6-7-14-9-10-17-16(14)15;/h6-8,17H,1-5,9-13H2;1H. The van der Waals surface area contributed by atoms with Gasteiger partial charge in [-0.2, -0.15) is 0 Å². The highest BCUT2D eigenvalue weighted by molar-refractivity contribution is 5.85. The summed E-state index contributed by atoms with van der Waals surface area (Å²) in [4.78, 5) is 2.65. The summed E-state index contributed by atoms with van der Waals surface area (Å²) in [6.07, 6.45) is 8.23. The van der Waals surface area contributed by atoms with Crippen molar-refractivity contribution in [2.45, 2.75) is 45.1 Å². The lowest BCUT2D eigenvalue weighted by molar-refractivity contribution is 0.240. The maximum atomic E-state index is 3.56. The summed E-state index contributed by atoms with van der Waals surface area (Å²) in [6, 6.07) is 6.80. The number of para-hydroxylation sites is 1. The van der Waals surface area contributed by atoms with Gasteiger partial charge >= 0.3 is 0 Å². The maximum absolute atomic E-state index is 3.56. The molecule has 3 heteroatoms. The van der Waals surface area contributed by atoms with Crippen LogP contribution < -0.4 is 5.32 Å². The van der Waals surface area contributed by atoms with Gasteiger partial charge in [-0.3, -0.25) is 4.90 Å². The lowest BCUT2D eigenvalue weighted by Crippen LogP contribution is -2.27. The van der Waals surface area contributed by atoms with Gasteiger partial charge in [0.1, 0.15) is 0 Å². The van der Waals surface area contributed by atoms with Crippen molar-refractivity contribution in [3.05, 3.63) is 29.3 Å². The van der Waals surface area contributed by atoms with Gasteiger partial charge in [0.2, 0.25) is 0 Å². The molecular weight excluding hydrogens is 256 g/mol. The minimum atomic E-state index is 0. The number of nitrogens with zero attached hydrogens (tertiary/aromatic N) is 1. The average Bonchev–Trinajstić information content (AvgIpc) is 2.81. The third-order valence-electron chi connectivity index (χ3n) is 4.28. The van der Waals surface area contributed by atoms with E-state index in [0.717, 1.165) is 13.1 Å². The van der Waals surface area contributed by atoms with Gasteiger partial charge in [-0.15, -0.1) is 12.4 Å². The fourth-order valence-corrected chi connectivity index (χ4v) is 3.25. The zero-order chi connectivity index (χ0) is 12.2. The first kappa shape index (κ1) is 14.7. The normalized spacial score (nSPS) is 19.8. The molecule has 1 aromatic rings. The van der Waals surface area contributed by atoms with Gasteiger partial charge < -0.3 is 5.32 Å². The molecule has 3 rings (SSSR count). The number of nitrogens with one attached hydrogen (secondary N) is 1. The van der Waals surface area contributed by atoms with Crippen molar-refractivity contribution in [1.82, 2.24) is 4.90 Å². The van der Waals surface area contributed by atoms with Crippen LogP contribution in [0.4, 0.5) is 5.69 Å². The molecule has 0 saturated carbocycles. The molecule has 0 aliphatic carbocycles. The summed E-state index contributed by atoms with van der Waals surface area (Å²) in [5, 5.41) is 3.56. The summed E-state index contributed by atoms with van der Waals surface area (Å²) in [7, 11) is 0. The van der Waals surface area contributed by atoms with E-state index in [-0.39, 0.29) is 12.4 Å². The first-order chi connectivity index (χ1) is 8.93. The highest BCUT2D eigenvalue weighted by Crippen LogP contribution is 2.27. The van der Waals surface area contributed by atoms with E-state index < -0.39 is 0 Å². The van der Waals surface area contributed by atoms with Crippen molar-refractivity contribution in [1.29, 1.82) is 0 Å². The van der Waals surface area contributed by atoms with Gasteiger partial charge in [0.15, 0.2) is 0 Å². The van der Waals surface area contributed by atoms with E-state index in [1.54, 1.807) is 0 Å². The SMILES string of the molecule is Cl.c1cc2c(c(CN3CCCCCCC3)c1)NCC2. The molecule has 0 unspecified atom stereocenters. The summed E-state index contributed by atoms with van der Waals surface area (Å²) < 4.78 is 0. The molecule has 1 aromatic carbocycles. The molecule has 1 fully saturated rings. The summed E-state index contributed by atoms with van der Waals surface area (Å²) in [5.74, 6) is 0. The number of likely N-dealkylation sites (tertiary alicyclic amines) is 1. The lowest BCUT2D eigenvalue weighted by Gasteiger charge is -2.25. The van der Waals surface area contributed by atoms with Gasteiger partial charge in [-0.25, -0.2) is 0 Å². The van der Waals surface area contributed by atoms with Gasteiger partial charge in [0, 0.05) is 18.8 Å². The molecule has 2 aliphatic heterocycles. The number of benzene rings is 1. The van der Waals surface area contributed by atoms with E-state index in [4.69, 9.17) is 0 Å². The second-order valence-corrected chi connectivity index (χ2v) is 5.67. The minimum Gasteiger partial charge on any atom is -0.384 e. The number of hydrogen-bond acceptors (Lipinski definition) is 2. The van der Waals surface area contributed by atoms with E-state index in [1.165, 1.54) is 68.4 Å². The maximum Gasteiger partial charge on any atom is 0.0419 e. The molecule has 1 saturated heterocycles. The summed E-state index contributed by atoms with van der Waals surface area (Å²) in [5.41, 5.74) is 4.45. The molecule has 2 heterocycles. The van der Waals surface area contributed by atoms with E-state index >= 15 is 0 Å². The molecule has 2 nitrogen and oxygen atoms in total. The summed E-state index contributed by atoms with van der Waals surface area (Å²) >= 11 is 0. The van der Waals surface area contributed by atoms with Crippen LogP contribution in [0, 0.1) is 0 Å². The van der Waals surface area contributed by atoms with Crippen molar-refractivity contribution in [2.24, 2.45) is 0 Å². The number of anilines is 1. The molecule has 0 amide bonds. The monoisotopic (exact) mass is 280 g/mol. The van der Waals surface area contributed by atoms with Crippen molar-refractivity contribution in [3.8, 4) is 0 Å². The number of hydrogen-bond donors (Lipinski definition) is 1. The fourth-order valence-electron chi connectivity index (χ4n) is 3.25. The molecular formula is C16H25ClN2. The Kier molecular flexibility index (Phi) is 5.53. The lowest BCUT2D eigenvalue weighted by atomic mass is 10.1. The van der Waals surface area contributed by atoms with Crippen molar-refractivity contribution in [3.63, 3.8) is 0 Å². The number of rotatable bonds is 2. The Hall–Kier alpha value is -0.730. The Morgan fingerprint density at radius 3 is 2.53 bits per heavy atom. The van der Waals surface area contributed by atoms with Crippen LogP contribution in [0.15, 0.2) is 18.2 Å². The Balaban J connectivity index is 0.00000133. The zero-order valence-electron chi connectivity index (χ0n) is 11.7. The molecule has 19 heavy (non-hydrogen) atoms. The smallest absolute Gasteiger partial charge is 0.0419 e. The van der Waals surface area contributed by atoms with Gasteiger partial charge in [-0.1, -0.05) is 37.5 Å².